The van der Waals surface area contributed by atoms with E-state index in [1.165, 1.54) is 6.07 Å². The fourth-order valence-corrected chi connectivity index (χ4v) is 2.33. The van der Waals surface area contributed by atoms with Gasteiger partial charge in [0.15, 0.2) is 0 Å². The third-order valence-electron chi connectivity index (χ3n) is 3.39. The number of amides is 2. The van der Waals surface area contributed by atoms with Crippen LogP contribution in [0.3, 0.4) is 0 Å². The first kappa shape index (κ1) is 13.8. The summed E-state index contributed by atoms with van der Waals surface area (Å²) < 4.78 is 13.4. The third kappa shape index (κ3) is 3.67. The molecule has 1 aromatic rings. The maximum atomic E-state index is 13.4. The van der Waals surface area contributed by atoms with Gasteiger partial charge in [-0.1, -0.05) is 19.1 Å². The van der Waals surface area contributed by atoms with Crippen LogP contribution in [0.2, 0.25) is 0 Å². The van der Waals surface area contributed by atoms with E-state index in [0.717, 1.165) is 19.4 Å². The van der Waals surface area contributed by atoms with Crippen LogP contribution in [0.15, 0.2) is 24.3 Å². The molecular weight excluding hydrogens is 245 g/mol. The maximum Gasteiger partial charge on any atom is 0.321 e. The van der Waals surface area contributed by atoms with Gasteiger partial charge in [-0.2, -0.15) is 0 Å². The Hall–Kier alpha value is -1.62. The molecule has 1 aromatic carbocycles. The Bertz CT molecular complexity index is 430. The lowest BCUT2D eigenvalue weighted by atomic mass is 10.1. The number of hydrogen-bond acceptors (Lipinski definition) is 2. The monoisotopic (exact) mass is 265 g/mol. The fraction of sp³-hybridized carbons (Fsp3) is 0.500. The Labute approximate surface area is 113 Å². The quantitative estimate of drug-likeness (QED) is 0.881. The summed E-state index contributed by atoms with van der Waals surface area (Å²) in [5.41, 5.74) is 0.237. The second-order valence-corrected chi connectivity index (χ2v) is 4.73. The molecule has 1 heterocycles. The molecule has 0 aromatic heterocycles. The zero-order chi connectivity index (χ0) is 13.7. The van der Waals surface area contributed by atoms with Gasteiger partial charge >= 0.3 is 6.03 Å². The number of hydrogen-bond donors (Lipinski definition) is 2. The number of piperidine rings is 1. The zero-order valence-electron chi connectivity index (χ0n) is 11.2. The molecule has 0 spiro atoms. The second kappa shape index (κ2) is 6.52. The molecule has 19 heavy (non-hydrogen) atoms. The van der Waals surface area contributed by atoms with Crippen molar-refractivity contribution in [2.75, 3.05) is 25.0 Å². The number of carbonyl (C=O) groups is 1. The van der Waals surface area contributed by atoms with Crippen LogP contribution in [0.1, 0.15) is 19.8 Å². The van der Waals surface area contributed by atoms with Gasteiger partial charge in [0.05, 0.1) is 5.69 Å². The highest BCUT2D eigenvalue weighted by Gasteiger charge is 2.22. The predicted octanol–water partition coefficient (Wildman–Crippen LogP) is 2.43. The minimum Gasteiger partial charge on any atom is -0.324 e. The van der Waals surface area contributed by atoms with Crippen LogP contribution in [-0.4, -0.2) is 36.6 Å². The molecule has 0 atom stereocenters. The molecule has 1 fully saturated rings. The average Bonchev–Trinajstić information content (AvgIpc) is 2.42. The highest BCUT2D eigenvalue weighted by atomic mass is 19.1. The van der Waals surface area contributed by atoms with Crippen molar-refractivity contribution in [1.82, 2.24) is 10.2 Å². The number of likely N-dealkylation sites (tertiary alicyclic amines) is 1. The highest BCUT2D eigenvalue weighted by Crippen LogP contribution is 2.15. The van der Waals surface area contributed by atoms with E-state index in [2.05, 4.69) is 17.6 Å². The molecule has 1 aliphatic heterocycles. The van der Waals surface area contributed by atoms with Gasteiger partial charge in [-0.15, -0.1) is 0 Å². The first-order valence-corrected chi connectivity index (χ1v) is 6.74. The molecule has 0 bridgehead atoms. The van der Waals surface area contributed by atoms with Gasteiger partial charge in [-0.05, 0) is 31.5 Å². The summed E-state index contributed by atoms with van der Waals surface area (Å²) in [4.78, 5) is 13.7. The number of anilines is 1. The van der Waals surface area contributed by atoms with E-state index < -0.39 is 5.82 Å². The number of carbonyl (C=O) groups excluding carboxylic acids is 1. The Morgan fingerprint density at radius 3 is 2.68 bits per heavy atom. The normalized spacial score (nSPS) is 16.4. The van der Waals surface area contributed by atoms with Crippen molar-refractivity contribution in [1.29, 1.82) is 0 Å². The molecule has 1 saturated heterocycles. The molecule has 0 aliphatic carbocycles. The topological polar surface area (TPSA) is 44.4 Å². The van der Waals surface area contributed by atoms with Crippen molar-refractivity contribution in [2.24, 2.45) is 0 Å². The van der Waals surface area contributed by atoms with Gasteiger partial charge in [0.25, 0.3) is 0 Å². The first-order valence-electron chi connectivity index (χ1n) is 6.74. The number of nitrogens with one attached hydrogen (secondary N) is 2. The third-order valence-corrected chi connectivity index (χ3v) is 3.39. The molecular formula is C14H20FN3O. The van der Waals surface area contributed by atoms with Crippen LogP contribution in [-0.2, 0) is 0 Å². The van der Waals surface area contributed by atoms with Crippen LogP contribution >= 0.6 is 0 Å². The average molecular weight is 265 g/mol. The van der Waals surface area contributed by atoms with Crippen molar-refractivity contribution in [3.05, 3.63) is 30.1 Å². The van der Waals surface area contributed by atoms with E-state index in [4.69, 9.17) is 0 Å². The van der Waals surface area contributed by atoms with Crippen molar-refractivity contribution < 1.29 is 9.18 Å². The Morgan fingerprint density at radius 1 is 1.37 bits per heavy atom. The van der Waals surface area contributed by atoms with Crippen molar-refractivity contribution in [2.45, 2.75) is 25.8 Å². The van der Waals surface area contributed by atoms with E-state index >= 15 is 0 Å². The Kier molecular flexibility index (Phi) is 4.74. The maximum absolute atomic E-state index is 13.4. The minimum absolute atomic E-state index is 0.222. The molecule has 5 heteroatoms. The molecule has 2 N–H and O–H groups in total. The smallest absolute Gasteiger partial charge is 0.321 e. The summed E-state index contributed by atoms with van der Waals surface area (Å²) in [6.07, 6.45) is 1.89. The van der Waals surface area contributed by atoms with Crippen LogP contribution in [0, 0.1) is 5.82 Å². The number of rotatable bonds is 3. The van der Waals surface area contributed by atoms with Gasteiger partial charge in [0, 0.05) is 19.1 Å². The van der Waals surface area contributed by atoms with Gasteiger partial charge in [0.2, 0.25) is 0 Å². The van der Waals surface area contributed by atoms with Crippen LogP contribution in [0.4, 0.5) is 14.9 Å². The Morgan fingerprint density at radius 2 is 2.05 bits per heavy atom. The Balaban J connectivity index is 1.87. The summed E-state index contributed by atoms with van der Waals surface area (Å²) in [5, 5.41) is 6.00. The van der Waals surface area contributed by atoms with Gasteiger partial charge < -0.3 is 15.5 Å². The van der Waals surface area contributed by atoms with E-state index in [1.807, 2.05) is 0 Å². The lowest BCUT2D eigenvalue weighted by Gasteiger charge is -2.32. The summed E-state index contributed by atoms with van der Waals surface area (Å²) in [6, 6.07) is 6.48. The van der Waals surface area contributed by atoms with Gasteiger partial charge in [-0.3, -0.25) is 0 Å². The van der Waals surface area contributed by atoms with Crippen LogP contribution in [0.25, 0.3) is 0 Å². The molecule has 2 rings (SSSR count). The largest absolute Gasteiger partial charge is 0.324 e. The van der Waals surface area contributed by atoms with Gasteiger partial charge in [-0.25, -0.2) is 9.18 Å². The van der Waals surface area contributed by atoms with E-state index in [1.54, 1.807) is 23.1 Å². The van der Waals surface area contributed by atoms with Crippen molar-refractivity contribution in [3.8, 4) is 0 Å². The standard InChI is InChI=1S/C14H20FN3O/c1-2-16-11-7-9-18(10-8-11)14(19)17-13-6-4-3-5-12(13)15/h3-6,11,16H,2,7-10H2,1H3,(H,17,19). The summed E-state index contributed by atoms with van der Waals surface area (Å²) in [5.74, 6) is -0.404. The number of urea groups is 1. The van der Waals surface area contributed by atoms with Crippen molar-refractivity contribution in [3.63, 3.8) is 0 Å². The SMILES string of the molecule is CCNC1CCN(C(=O)Nc2ccccc2F)CC1. The molecule has 4 nitrogen and oxygen atoms in total. The molecule has 0 radical (unpaired) electrons. The van der Waals surface area contributed by atoms with E-state index in [-0.39, 0.29) is 11.7 Å². The molecule has 0 unspecified atom stereocenters. The highest BCUT2D eigenvalue weighted by molar-refractivity contribution is 5.89. The first-order chi connectivity index (χ1) is 9.20. The van der Waals surface area contributed by atoms with E-state index in [9.17, 15) is 9.18 Å². The number of nitrogens with zero attached hydrogens (tertiary/aromatic N) is 1. The summed E-state index contributed by atoms with van der Waals surface area (Å²) in [7, 11) is 0. The molecule has 2 amide bonds. The summed E-state index contributed by atoms with van der Waals surface area (Å²) >= 11 is 0. The number of para-hydroxylation sites is 1. The van der Waals surface area contributed by atoms with Crippen LogP contribution < -0.4 is 10.6 Å². The predicted molar refractivity (Wildman–Crippen MR) is 73.7 cm³/mol. The summed E-state index contributed by atoms with van der Waals surface area (Å²) in [6.45, 7) is 4.44. The second-order valence-electron chi connectivity index (χ2n) is 4.73. The molecule has 1 aliphatic rings. The zero-order valence-corrected chi connectivity index (χ0v) is 11.2. The number of halogens is 1. The van der Waals surface area contributed by atoms with Crippen molar-refractivity contribution >= 4 is 11.7 Å². The van der Waals surface area contributed by atoms with Gasteiger partial charge in [0.1, 0.15) is 5.82 Å². The van der Waals surface area contributed by atoms with Crippen LogP contribution in [0.5, 0.6) is 0 Å². The molecule has 0 saturated carbocycles. The lowest BCUT2D eigenvalue weighted by Crippen LogP contribution is -2.46. The fourth-order valence-electron chi connectivity index (χ4n) is 2.33. The van der Waals surface area contributed by atoms with E-state index in [0.29, 0.717) is 19.1 Å². The minimum atomic E-state index is -0.404. The number of benzene rings is 1. The lowest BCUT2D eigenvalue weighted by molar-refractivity contribution is 0.189. The molecule has 104 valence electrons.